The highest BCUT2D eigenvalue weighted by Crippen LogP contribution is 2.26. The smallest absolute Gasteiger partial charge is 0.451 e. The van der Waals surface area contributed by atoms with Crippen molar-refractivity contribution in [2.75, 3.05) is 0 Å². The summed E-state index contributed by atoms with van der Waals surface area (Å²) in [5, 5.41) is 0. The highest BCUT2D eigenvalue weighted by molar-refractivity contribution is 5.70. The summed E-state index contributed by atoms with van der Waals surface area (Å²) in [5.41, 5.74) is 5.31. The molecule has 112 valence electrons. The maximum atomic E-state index is 12.3. The summed E-state index contributed by atoms with van der Waals surface area (Å²) >= 11 is 0. The van der Waals surface area contributed by atoms with Crippen molar-refractivity contribution in [2.45, 2.75) is 45.0 Å². The van der Waals surface area contributed by atoms with Gasteiger partial charge in [-0.05, 0) is 20.8 Å². The van der Waals surface area contributed by atoms with E-state index in [9.17, 15) is 18.0 Å². The van der Waals surface area contributed by atoms with Gasteiger partial charge in [0.25, 0.3) is 0 Å². The van der Waals surface area contributed by atoms with E-state index in [-0.39, 0.29) is 12.0 Å². The number of nitrogens with zero attached hydrogens (tertiary/aromatic N) is 2. The Hall–Kier alpha value is -1.70. The summed E-state index contributed by atoms with van der Waals surface area (Å²) in [7, 11) is 0. The molecule has 0 fully saturated rings. The van der Waals surface area contributed by atoms with Crippen molar-refractivity contribution in [2.24, 2.45) is 5.73 Å². The third kappa shape index (κ3) is 5.12. The lowest BCUT2D eigenvalue weighted by Crippen LogP contribution is -2.26. The van der Waals surface area contributed by atoms with Gasteiger partial charge in [0.1, 0.15) is 5.60 Å². The van der Waals surface area contributed by atoms with Gasteiger partial charge < -0.3 is 10.5 Å². The SMILES string of the molecule is CC(C)(C)OC(=O)CC(N)c1cnc(C(F)(F)F)nc1. The predicted molar refractivity (Wildman–Crippen MR) is 64.4 cm³/mol. The molecule has 1 atom stereocenters. The molecule has 1 aromatic rings. The van der Waals surface area contributed by atoms with Gasteiger partial charge in [-0.15, -0.1) is 0 Å². The minimum Gasteiger partial charge on any atom is -0.460 e. The zero-order chi connectivity index (χ0) is 15.6. The van der Waals surface area contributed by atoms with Crippen LogP contribution in [0.25, 0.3) is 0 Å². The summed E-state index contributed by atoms with van der Waals surface area (Å²) < 4.78 is 41.9. The van der Waals surface area contributed by atoms with Crippen LogP contribution in [-0.4, -0.2) is 21.5 Å². The number of alkyl halides is 3. The van der Waals surface area contributed by atoms with Crippen LogP contribution in [0.4, 0.5) is 13.2 Å². The summed E-state index contributed by atoms with van der Waals surface area (Å²) in [6.07, 6.45) is -2.84. The van der Waals surface area contributed by atoms with E-state index in [1.165, 1.54) is 0 Å². The quantitative estimate of drug-likeness (QED) is 0.864. The van der Waals surface area contributed by atoms with E-state index >= 15 is 0 Å². The molecule has 0 bridgehead atoms. The number of carbonyl (C=O) groups is 1. The molecule has 20 heavy (non-hydrogen) atoms. The Kier molecular flexibility index (Phi) is 4.69. The Balaban J connectivity index is 2.69. The summed E-state index contributed by atoms with van der Waals surface area (Å²) in [6, 6.07) is -0.813. The molecule has 0 amide bonds. The first-order valence-electron chi connectivity index (χ1n) is 5.85. The van der Waals surface area contributed by atoms with Crippen molar-refractivity contribution >= 4 is 5.97 Å². The molecular formula is C12H16F3N3O2. The molecule has 0 saturated heterocycles. The monoisotopic (exact) mass is 291 g/mol. The summed E-state index contributed by atoms with van der Waals surface area (Å²) in [5.74, 6) is -1.78. The van der Waals surface area contributed by atoms with E-state index in [1.54, 1.807) is 20.8 Å². The number of rotatable bonds is 3. The maximum Gasteiger partial charge on any atom is 0.451 e. The van der Waals surface area contributed by atoms with Crippen LogP contribution in [0.3, 0.4) is 0 Å². The van der Waals surface area contributed by atoms with Crippen molar-refractivity contribution in [1.29, 1.82) is 0 Å². The molecule has 0 radical (unpaired) electrons. The van der Waals surface area contributed by atoms with Crippen molar-refractivity contribution in [3.63, 3.8) is 0 Å². The fraction of sp³-hybridized carbons (Fsp3) is 0.583. The lowest BCUT2D eigenvalue weighted by Gasteiger charge is -2.20. The van der Waals surface area contributed by atoms with Crippen molar-refractivity contribution < 1.29 is 22.7 Å². The number of halogens is 3. The lowest BCUT2D eigenvalue weighted by atomic mass is 10.1. The molecule has 5 nitrogen and oxygen atoms in total. The molecule has 0 spiro atoms. The van der Waals surface area contributed by atoms with Crippen LogP contribution in [0, 0.1) is 0 Å². The van der Waals surface area contributed by atoms with E-state index in [0.29, 0.717) is 0 Å². The average molecular weight is 291 g/mol. The van der Waals surface area contributed by atoms with Crippen LogP contribution in [0.1, 0.15) is 44.6 Å². The van der Waals surface area contributed by atoms with Crippen LogP contribution in [-0.2, 0) is 15.7 Å². The number of esters is 1. The molecule has 2 N–H and O–H groups in total. The number of aromatic nitrogens is 2. The fourth-order valence-corrected chi connectivity index (χ4v) is 1.36. The standard InChI is InChI=1S/C12H16F3N3O2/c1-11(2,3)20-9(19)4-8(16)7-5-17-10(18-6-7)12(13,14)15/h5-6,8H,4,16H2,1-3H3. The molecule has 1 aromatic heterocycles. The van der Waals surface area contributed by atoms with Crippen LogP contribution in [0.5, 0.6) is 0 Å². The number of hydrogen-bond donors (Lipinski definition) is 1. The van der Waals surface area contributed by atoms with Gasteiger partial charge in [-0.1, -0.05) is 0 Å². The van der Waals surface area contributed by atoms with Gasteiger partial charge >= 0.3 is 12.1 Å². The van der Waals surface area contributed by atoms with Gasteiger partial charge in [0.05, 0.1) is 6.42 Å². The van der Waals surface area contributed by atoms with Crippen LogP contribution >= 0.6 is 0 Å². The Morgan fingerprint density at radius 1 is 1.30 bits per heavy atom. The topological polar surface area (TPSA) is 78.1 Å². The van der Waals surface area contributed by atoms with Crippen LogP contribution in [0.2, 0.25) is 0 Å². The predicted octanol–water partition coefficient (Wildman–Crippen LogP) is 2.23. The second-order valence-corrected chi connectivity index (χ2v) is 5.23. The second kappa shape index (κ2) is 5.74. The highest BCUT2D eigenvalue weighted by Gasteiger charge is 2.34. The molecular weight excluding hydrogens is 275 g/mol. The van der Waals surface area contributed by atoms with Crippen LogP contribution in [0.15, 0.2) is 12.4 Å². The Morgan fingerprint density at radius 2 is 1.80 bits per heavy atom. The molecule has 0 saturated carbocycles. The second-order valence-electron chi connectivity index (χ2n) is 5.23. The molecule has 1 heterocycles. The van der Waals surface area contributed by atoms with Gasteiger partial charge in [-0.2, -0.15) is 13.2 Å². The minimum atomic E-state index is -4.60. The number of nitrogens with two attached hydrogens (primary N) is 1. The Bertz CT molecular complexity index is 466. The lowest BCUT2D eigenvalue weighted by molar-refractivity contribution is -0.155. The van der Waals surface area contributed by atoms with Crippen LogP contribution < -0.4 is 5.73 Å². The third-order valence-electron chi connectivity index (χ3n) is 2.16. The van der Waals surface area contributed by atoms with E-state index < -0.39 is 29.6 Å². The normalized spacial score (nSPS) is 13.9. The van der Waals surface area contributed by atoms with E-state index in [2.05, 4.69) is 9.97 Å². The van der Waals surface area contributed by atoms with E-state index in [1.807, 2.05) is 0 Å². The first-order chi connectivity index (χ1) is 8.99. The van der Waals surface area contributed by atoms with Gasteiger partial charge in [-0.3, -0.25) is 4.79 Å². The van der Waals surface area contributed by atoms with Crippen molar-refractivity contribution in [1.82, 2.24) is 9.97 Å². The summed E-state index contributed by atoms with van der Waals surface area (Å²) in [4.78, 5) is 17.9. The van der Waals surface area contributed by atoms with E-state index in [4.69, 9.17) is 10.5 Å². The maximum absolute atomic E-state index is 12.3. The van der Waals surface area contributed by atoms with Gasteiger partial charge in [0, 0.05) is 24.0 Å². The molecule has 0 aromatic carbocycles. The largest absolute Gasteiger partial charge is 0.460 e. The van der Waals surface area contributed by atoms with Gasteiger partial charge in [0.2, 0.25) is 5.82 Å². The van der Waals surface area contributed by atoms with Crippen molar-refractivity contribution in [3.8, 4) is 0 Å². The molecule has 0 aliphatic heterocycles. The summed E-state index contributed by atoms with van der Waals surface area (Å²) in [6.45, 7) is 5.12. The molecule has 1 rings (SSSR count). The van der Waals surface area contributed by atoms with Crippen molar-refractivity contribution in [3.05, 3.63) is 23.8 Å². The molecule has 0 aliphatic carbocycles. The molecule has 1 unspecified atom stereocenters. The minimum absolute atomic E-state index is 0.161. The van der Waals surface area contributed by atoms with E-state index in [0.717, 1.165) is 12.4 Å². The molecule has 8 heteroatoms. The Labute approximate surface area is 114 Å². The first-order valence-corrected chi connectivity index (χ1v) is 5.85. The average Bonchev–Trinajstić information content (AvgIpc) is 2.25. The molecule has 0 aliphatic rings. The number of carbonyl (C=O) groups excluding carboxylic acids is 1. The van der Waals surface area contributed by atoms with Gasteiger partial charge in [-0.25, -0.2) is 9.97 Å². The number of hydrogen-bond acceptors (Lipinski definition) is 5. The first kappa shape index (κ1) is 16.4. The third-order valence-corrected chi connectivity index (χ3v) is 2.16. The fourth-order valence-electron chi connectivity index (χ4n) is 1.36. The zero-order valence-corrected chi connectivity index (χ0v) is 11.4. The van der Waals surface area contributed by atoms with Gasteiger partial charge in [0.15, 0.2) is 0 Å². The Morgan fingerprint density at radius 3 is 2.20 bits per heavy atom. The zero-order valence-electron chi connectivity index (χ0n) is 11.4. The number of ether oxygens (including phenoxy) is 1. The highest BCUT2D eigenvalue weighted by atomic mass is 19.4.